The number of aromatic nitrogens is 2. The van der Waals surface area contributed by atoms with Crippen LogP contribution < -0.4 is 9.64 Å². The third-order valence-corrected chi connectivity index (χ3v) is 3.55. The summed E-state index contributed by atoms with van der Waals surface area (Å²) in [6.07, 6.45) is -3.09. The second-order valence-corrected chi connectivity index (χ2v) is 5.69. The van der Waals surface area contributed by atoms with Crippen molar-refractivity contribution in [1.29, 1.82) is 0 Å². The maximum atomic E-state index is 13.2. The molecule has 4 nitrogen and oxygen atoms in total. The minimum absolute atomic E-state index is 0.0705. The molecule has 0 aliphatic carbocycles. The summed E-state index contributed by atoms with van der Waals surface area (Å²) in [7, 11) is 1.52. The molecule has 0 saturated heterocycles. The van der Waals surface area contributed by atoms with Crippen molar-refractivity contribution >= 4 is 27.4 Å². The summed E-state index contributed by atoms with van der Waals surface area (Å²) >= 11 is 3.29. The van der Waals surface area contributed by atoms with Gasteiger partial charge in [0.05, 0.1) is 6.61 Å². The van der Waals surface area contributed by atoms with Crippen LogP contribution >= 0.6 is 15.9 Å². The molecule has 0 atom stereocenters. The number of ether oxygens (including phenoxy) is 1. The molecular formula is C15H15BrF3N3O. The van der Waals surface area contributed by atoms with E-state index in [9.17, 15) is 13.2 Å². The molecule has 1 aromatic heterocycles. The highest BCUT2D eigenvalue weighted by Crippen LogP contribution is 2.37. The molecule has 23 heavy (non-hydrogen) atoms. The maximum absolute atomic E-state index is 13.2. The van der Waals surface area contributed by atoms with E-state index >= 15 is 0 Å². The Morgan fingerprint density at radius 2 is 1.87 bits per heavy atom. The Balaban J connectivity index is 2.45. The van der Waals surface area contributed by atoms with Crippen LogP contribution in [0, 0.1) is 0 Å². The van der Waals surface area contributed by atoms with Gasteiger partial charge in [-0.2, -0.15) is 18.2 Å². The number of hydrogen-bond donors (Lipinski definition) is 0. The van der Waals surface area contributed by atoms with E-state index in [1.165, 1.54) is 11.9 Å². The van der Waals surface area contributed by atoms with Crippen LogP contribution in [0.5, 0.6) is 6.01 Å². The first kappa shape index (κ1) is 17.5. The van der Waals surface area contributed by atoms with E-state index in [1.807, 2.05) is 6.92 Å². The van der Waals surface area contributed by atoms with Gasteiger partial charge in [0.2, 0.25) is 0 Å². The van der Waals surface area contributed by atoms with Gasteiger partial charge in [0.15, 0.2) is 5.82 Å². The largest absolute Gasteiger partial charge is 0.463 e. The van der Waals surface area contributed by atoms with Gasteiger partial charge in [0, 0.05) is 23.4 Å². The molecule has 0 radical (unpaired) electrons. The predicted octanol–water partition coefficient (Wildman–Crippen LogP) is 4.81. The summed E-state index contributed by atoms with van der Waals surface area (Å²) < 4.78 is 45.7. The second kappa shape index (κ2) is 7.16. The summed E-state index contributed by atoms with van der Waals surface area (Å²) in [4.78, 5) is 8.94. The highest BCUT2D eigenvalue weighted by atomic mass is 79.9. The zero-order valence-electron chi connectivity index (χ0n) is 12.6. The molecular weight excluding hydrogens is 375 g/mol. The van der Waals surface area contributed by atoms with Gasteiger partial charge >= 0.3 is 12.2 Å². The van der Waals surface area contributed by atoms with E-state index in [0.717, 1.165) is 10.7 Å². The van der Waals surface area contributed by atoms with Crippen LogP contribution in [0.2, 0.25) is 0 Å². The van der Waals surface area contributed by atoms with Gasteiger partial charge in [-0.3, -0.25) is 0 Å². The molecule has 2 aromatic rings. The first-order chi connectivity index (χ1) is 10.8. The summed E-state index contributed by atoms with van der Waals surface area (Å²) in [5.74, 6) is -0.249. The quantitative estimate of drug-likeness (QED) is 0.734. The van der Waals surface area contributed by atoms with Crippen LogP contribution in [0.4, 0.5) is 24.7 Å². The SMILES string of the molecule is CCCOc1ncc(C(F)(F)F)c(N(C)c2ccc(Br)cc2)n1. The van der Waals surface area contributed by atoms with Gasteiger partial charge < -0.3 is 9.64 Å². The Morgan fingerprint density at radius 3 is 2.43 bits per heavy atom. The Morgan fingerprint density at radius 1 is 1.22 bits per heavy atom. The highest BCUT2D eigenvalue weighted by molar-refractivity contribution is 9.10. The molecule has 0 spiro atoms. The van der Waals surface area contributed by atoms with Crippen molar-refractivity contribution in [1.82, 2.24) is 9.97 Å². The molecule has 124 valence electrons. The summed E-state index contributed by atoms with van der Waals surface area (Å²) in [6.45, 7) is 2.23. The lowest BCUT2D eigenvalue weighted by molar-refractivity contribution is -0.137. The maximum Gasteiger partial charge on any atom is 0.421 e. The monoisotopic (exact) mass is 389 g/mol. The summed E-state index contributed by atoms with van der Waals surface area (Å²) in [6, 6.07) is 6.81. The molecule has 1 heterocycles. The fraction of sp³-hybridized carbons (Fsp3) is 0.333. The Bertz CT molecular complexity index is 662. The Hall–Kier alpha value is -1.83. The zero-order chi connectivity index (χ0) is 17.0. The fourth-order valence-corrected chi connectivity index (χ4v) is 2.13. The normalized spacial score (nSPS) is 11.4. The van der Waals surface area contributed by atoms with E-state index < -0.39 is 11.7 Å². The molecule has 0 unspecified atom stereocenters. The van der Waals surface area contributed by atoms with Crippen molar-refractivity contribution in [3.8, 4) is 6.01 Å². The number of rotatable bonds is 5. The number of alkyl halides is 3. The van der Waals surface area contributed by atoms with Crippen LogP contribution in [0.15, 0.2) is 34.9 Å². The van der Waals surface area contributed by atoms with Crippen molar-refractivity contribution in [3.05, 3.63) is 40.5 Å². The molecule has 0 fully saturated rings. The number of anilines is 2. The lowest BCUT2D eigenvalue weighted by atomic mass is 10.2. The number of hydrogen-bond acceptors (Lipinski definition) is 4. The minimum Gasteiger partial charge on any atom is -0.463 e. The van der Waals surface area contributed by atoms with E-state index in [1.54, 1.807) is 24.3 Å². The molecule has 8 heteroatoms. The lowest BCUT2D eigenvalue weighted by Gasteiger charge is -2.22. The molecule has 2 rings (SSSR count). The van der Waals surface area contributed by atoms with Gasteiger partial charge in [-0.15, -0.1) is 0 Å². The number of halogens is 4. The minimum atomic E-state index is -4.55. The summed E-state index contributed by atoms with van der Waals surface area (Å²) in [5, 5.41) is 0. The number of benzene rings is 1. The summed E-state index contributed by atoms with van der Waals surface area (Å²) in [5.41, 5.74) is -0.342. The van der Waals surface area contributed by atoms with Gasteiger partial charge in [-0.05, 0) is 30.7 Å². The molecule has 1 aromatic carbocycles. The topological polar surface area (TPSA) is 38.2 Å². The van der Waals surface area contributed by atoms with E-state index in [4.69, 9.17) is 4.74 Å². The number of nitrogens with zero attached hydrogens (tertiary/aromatic N) is 3. The zero-order valence-corrected chi connectivity index (χ0v) is 14.1. The Labute approximate surface area is 140 Å². The first-order valence-electron chi connectivity index (χ1n) is 6.89. The van der Waals surface area contributed by atoms with Gasteiger partial charge in [-0.25, -0.2) is 4.98 Å². The Kier molecular flexibility index (Phi) is 5.46. The van der Waals surface area contributed by atoms with E-state index in [2.05, 4.69) is 25.9 Å². The third kappa shape index (κ3) is 4.34. The third-order valence-electron chi connectivity index (χ3n) is 3.02. The van der Waals surface area contributed by atoms with Crippen LogP contribution in [0.1, 0.15) is 18.9 Å². The molecule has 0 bridgehead atoms. The van der Waals surface area contributed by atoms with E-state index in [-0.39, 0.29) is 11.8 Å². The van der Waals surface area contributed by atoms with Crippen molar-refractivity contribution in [2.45, 2.75) is 19.5 Å². The van der Waals surface area contributed by atoms with Gasteiger partial charge in [-0.1, -0.05) is 22.9 Å². The van der Waals surface area contributed by atoms with Crippen molar-refractivity contribution in [3.63, 3.8) is 0 Å². The molecule has 0 aliphatic heterocycles. The first-order valence-corrected chi connectivity index (χ1v) is 7.68. The fourth-order valence-electron chi connectivity index (χ4n) is 1.86. The standard InChI is InChI=1S/C15H15BrF3N3O/c1-3-8-23-14-20-9-12(15(17,18)19)13(21-14)22(2)11-6-4-10(16)5-7-11/h4-7,9H,3,8H2,1-2H3. The predicted molar refractivity (Wildman–Crippen MR) is 85.0 cm³/mol. The lowest BCUT2D eigenvalue weighted by Crippen LogP contribution is -2.19. The van der Waals surface area contributed by atoms with E-state index in [0.29, 0.717) is 18.7 Å². The molecule has 0 saturated carbocycles. The average Bonchev–Trinajstić information content (AvgIpc) is 2.51. The molecule has 0 aliphatic rings. The molecule has 0 amide bonds. The highest BCUT2D eigenvalue weighted by Gasteiger charge is 2.36. The van der Waals surface area contributed by atoms with Crippen molar-refractivity contribution in [2.75, 3.05) is 18.6 Å². The van der Waals surface area contributed by atoms with Crippen LogP contribution in [0.3, 0.4) is 0 Å². The second-order valence-electron chi connectivity index (χ2n) is 4.77. The average molecular weight is 390 g/mol. The smallest absolute Gasteiger partial charge is 0.421 e. The van der Waals surface area contributed by atoms with Gasteiger partial charge in [0.1, 0.15) is 5.56 Å². The molecule has 0 N–H and O–H groups in total. The van der Waals surface area contributed by atoms with Crippen molar-refractivity contribution in [2.24, 2.45) is 0 Å². The van der Waals surface area contributed by atoms with Gasteiger partial charge in [0.25, 0.3) is 0 Å². The van der Waals surface area contributed by atoms with Crippen molar-refractivity contribution < 1.29 is 17.9 Å². The van der Waals surface area contributed by atoms with Crippen LogP contribution in [-0.2, 0) is 6.18 Å². The van der Waals surface area contributed by atoms with Crippen LogP contribution in [-0.4, -0.2) is 23.6 Å². The van der Waals surface area contributed by atoms with Crippen LogP contribution in [0.25, 0.3) is 0 Å².